The number of hydrogen-bond acceptors (Lipinski definition) is 4. The van der Waals surface area contributed by atoms with Gasteiger partial charge >= 0.3 is 6.03 Å². The topological polar surface area (TPSA) is 88.3 Å². The predicted molar refractivity (Wildman–Crippen MR) is 93.7 cm³/mol. The van der Waals surface area contributed by atoms with Crippen molar-refractivity contribution in [1.29, 1.82) is 0 Å². The summed E-state index contributed by atoms with van der Waals surface area (Å²) in [6.07, 6.45) is 2.31. The SMILES string of the molecule is C=CCNC(=O)Nc1c(-c2ccc(OC)cc2OC)n[nH]c1CC. The second-order valence-electron chi connectivity index (χ2n) is 4.97. The molecule has 0 atom stereocenters. The molecule has 0 aliphatic rings. The first-order chi connectivity index (χ1) is 11.6. The van der Waals surface area contributed by atoms with Crippen molar-refractivity contribution in [3.05, 3.63) is 36.5 Å². The molecule has 0 aliphatic heterocycles. The molecule has 1 aromatic heterocycles. The lowest BCUT2D eigenvalue weighted by atomic mass is 10.1. The first-order valence-corrected chi connectivity index (χ1v) is 7.59. The average Bonchev–Trinajstić information content (AvgIpc) is 3.01. The molecule has 0 unspecified atom stereocenters. The largest absolute Gasteiger partial charge is 0.497 e. The van der Waals surface area contributed by atoms with E-state index in [1.807, 2.05) is 19.1 Å². The summed E-state index contributed by atoms with van der Waals surface area (Å²) in [5.74, 6) is 1.29. The van der Waals surface area contributed by atoms with Crippen molar-refractivity contribution in [2.24, 2.45) is 0 Å². The maximum absolute atomic E-state index is 12.0. The molecular formula is C17H22N4O3. The van der Waals surface area contributed by atoms with Gasteiger partial charge in [-0.1, -0.05) is 13.0 Å². The van der Waals surface area contributed by atoms with Crippen molar-refractivity contribution >= 4 is 11.7 Å². The molecule has 2 amide bonds. The Hall–Kier alpha value is -2.96. The molecule has 0 bridgehead atoms. The van der Waals surface area contributed by atoms with E-state index in [-0.39, 0.29) is 6.03 Å². The number of anilines is 1. The van der Waals surface area contributed by atoms with Crippen LogP contribution in [-0.2, 0) is 6.42 Å². The summed E-state index contributed by atoms with van der Waals surface area (Å²) in [6.45, 7) is 5.94. The Balaban J connectivity index is 2.42. The smallest absolute Gasteiger partial charge is 0.319 e. The molecule has 2 aromatic rings. The lowest BCUT2D eigenvalue weighted by Gasteiger charge is -2.12. The Morgan fingerprint density at radius 3 is 2.79 bits per heavy atom. The number of carbonyl (C=O) groups is 1. The number of ether oxygens (including phenoxy) is 2. The standard InChI is InChI=1S/C17H22N4O3/c1-5-9-18-17(22)19-16-13(6-2)20-21-15(16)12-8-7-11(23-3)10-14(12)24-4/h5,7-8,10H,1,6,9H2,2-4H3,(H,20,21)(H2,18,19,22). The van der Waals surface area contributed by atoms with Crippen molar-refractivity contribution < 1.29 is 14.3 Å². The number of carbonyl (C=O) groups excluding carboxylic acids is 1. The third-order valence-corrected chi connectivity index (χ3v) is 3.50. The third-order valence-electron chi connectivity index (χ3n) is 3.50. The van der Waals surface area contributed by atoms with Gasteiger partial charge < -0.3 is 20.1 Å². The zero-order valence-electron chi connectivity index (χ0n) is 14.1. The molecule has 0 radical (unpaired) electrons. The van der Waals surface area contributed by atoms with Gasteiger partial charge in [0, 0.05) is 18.2 Å². The predicted octanol–water partition coefficient (Wildman–Crippen LogP) is 2.96. The molecule has 1 heterocycles. The summed E-state index contributed by atoms with van der Waals surface area (Å²) in [5.41, 5.74) is 2.83. The summed E-state index contributed by atoms with van der Waals surface area (Å²) >= 11 is 0. The molecule has 1 aromatic carbocycles. The molecule has 7 heteroatoms. The normalized spacial score (nSPS) is 10.1. The third kappa shape index (κ3) is 3.68. The van der Waals surface area contributed by atoms with E-state index in [0.717, 1.165) is 11.3 Å². The highest BCUT2D eigenvalue weighted by Gasteiger charge is 2.19. The average molecular weight is 330 g/mol. The minimum absolute atomic E-state index is 0.320. The van der Waals surface area contributed by atoms with Crippen molar-refractivity contribution in [3.63, 3.8) is 0 Å². The van der Waals surface area contributed by atoms with Crippen LogP contribution in [0.5, 0.6) is 11.5 Å². The first kappa shape index (κ1) is 17.4. The van der Waals surface area contributed by atoms with Crippen LogP contribution in [0.2, 0.25) is 0 Å². The summed E-state index contributed by atoms with van der Waals surface area (Å²) in [7, 11) is 3.17. The summed E-state index contributed by atoms with van der Waals surface area (Å²) < 4.78 is 10.7. The van der Waals surface area contributed by atoms with Gasteiger partial charge in [0.15, 0.2) is 0 Å². The van der Waals surface area contributed by atoms with Gasteiger partial charge in [0.2, 0.25) is 0 Å². The zero-order chi connectivity index (χ0) is 17.5. The van der Waals surface area contributed by atoms with Gasteiger partial charge in [0.25, 0.3) is 0 Å². The van der Waals surface area contributed by atoms with Crippen LogP contribution in [0.25, 0.3) is 11.3 Å². The highest BCUT2D eigenvalue weighted by molar-refractivity contribution is 5.95. The minimum atomic E-state index is -0.320. The van der Waals surface area contributed by atoms with Crippen LogP contribution in [-0.4, -0.2) is 37.0 Å². The maximum atomic E-state index is 12.0. The van der Waals surface area contributed by atoms with E-state index in [9.17, 15) is 4.79 Å². The summed E-state index contributed by atoms with van der Waals surface area (Å²) in [5, 5.41) is 12.8. The summed E-state index contributed by atoms with van der Waals surface area (Å²) in [4.78, 5) is 12.0. The van der Waals surface area contributed by atoms with Gasteiger partial charge in [-0.3, -0.25) is 5.10 Å². The van der Waals surface area contributed by atoms with Crippen molar-refractivity contribution in [2.45, 2.75) is 13.3 Å². The molecule has 24 heavy (non-hydrogen) atoms. The number of amides is 2. The van der Waals surface area contributed by atoms with E-state index >= 15 is 0 Å². The van der Waals surface area contributed by atoms with Crippen LogP contribution in [0, 0.1) is 0 Å². The Morgan fingerprint density at radius 2 is 2.17 bits per heavy atom. The number of H-pyrrole nitrogens is 1. The fraction of sp³-hybridized carbons (Fsp3) is 0.294. The van der Waals surface area contributed by atoms with E-state index in [1.54, 1.807) is 26.4 Å². The first-order valence-electron chi connectivity index (χ1n) is 7.59. The molecule has 2 rings (SSSR count). The highest BCUT2D eigenvalue weighted by Crippen LogP contribution is 2.37. The molecule has 7 nitrogen and oxygen atoms in total. The number of benzene rings is 1. The second-order valence-corrected chi connectivity index (χ2v) is 4.97. The molecular weight excluding hydrogens is 308 g/mol. The van der Waals surface area contributed by atoms with Gasteiger partial charge in [-0.15, -0.1) is 6.58 Å². The van der Waals surface area contributed by atoms with Gasteiger partial charge in [0.1, 0.15) is 17.2 Å². The number of nitrogens with one attached hydrogen (secondary N) is 3. The van der Waals surface area contributed by atoms with Crippen molar-refractivity contribution in [3.8, 4) is 22.8 Å². The van der Waals surface area contributed by atoms with Crippen LogP contribution in [0.3, 0.4) is 0 Å². The Morgan fingerprint density at radius 1 is 1.38 bits per heavy atom. The van der Waals surface area contributed by atoms with Gasteiger partial charge in [-0.25, -0.2) is 4.79 Å². The number of methoxy groups -OCH3 is 2. The molecule has 3 N–H and O–H groups in total. The number of hydrogen-bond donors (Lipinski definition) is 3. The fourth-order valence-electron chi connectivity index (χ4n) is 2.28. The number of aryl methyl sites for hydroxylation is 1. The van der Waals surface area contributed by atoms with Crippen LogP contribution in [0.4, 0.5) is 10.5 Å². The van der Waals surface area contributed by atoms with Crippen LogP contribution < -0.4 is 20.1 Å². The monoisotopic (exact) mass is 330 g/mol. The number of nitrogens with zero attached hydrogens (tertiary/aromatic N) is 1. The lowest BCUT2D eigenvalue weighted by molar-refractivity contribution is 0.253. The second kappa shape index (κ2) is 8.05. The molecule has 0 spiro atoms. The van der Waals surface area contributed by atoms with Crippen molar-refractivity contribution in [2.75, 3.05) is 26.1 Å². The summed E-state index contributed by atoms with van der Waals surface area (Å²) in [6, 6.07) is 5.12. The van der Waals surface area contributed by atoms with E-state index in [4.69, 9.17) is 9.47 Å². The number of aromatic amines is 1. The van der Waals surface area contributed by atoms with Crippen LogP contribution >= 0.6 is 0 Å². The van der Waals surface area contributed by atoms with E-state index in [2.05, 4.69) is 27.4 Å². The molecule has 0 saturated heterocycles. The Labute approximate surface area is 141 Å². The number of urea groups is 1. The van der Waals surface area contributed by atoms with E-state index in [1.165, 1.54) is 0 Å². The molecule has 0 fully saturated rings. The minimum Gasteiger partial charge on any atom is -0.497 e. The van der Waals surface area contributed by atoms with Gasteiger partial charge in [-0.2, -0.15) is 5.10 Å². The number of aromatic nitrogens is 2. The van der Waals surface area contributed by atoms with E-state index in [0.29, 0.717) is 35.8 Å². The van der Waals surface area contributed by atoms with E-state index < -0.39 is 0 Å². The molecule has 0 saturated carbocycles. The Bertz CT molecular complexity index is 725. The number of rotatable bonds is 7. The lowest BCUT2D eigenvalue weighted by Crippen LogP contribution is -2.29. The van der Waals surface area contributed by atoms with Gasteiger partial charge in [-0.05, 0) is 18.6 Å². The zero-order valence-corrected chi connectivity index (χ0v) is 14.1. The molecule has 128 valence electrons. The maximum Gasteiger partial charge on any atom is 0.319 e. The molecule has 0 aliphatic carbocycles. The van der Waals surface area contributed by atoms with Crippen molar-refractivity contribution in [1.82, 2.24) is 15.5 Å². The highest BCUT2D eigenvalue weighted by atomic mass is 16.5. The van der Waals surface area contributed by atoms with Gasteiger partial charge in [0.05, 0.1) is 25.6 Å². The van der Waals surface area contributed by atoms with Crippen LogP contribution in [0.15, 0.2) is 30.9 Å². The van der Waals surface area contributed by atoms with Crippen LogP contribution in [0.1, 0.15) is 12.6 Å². The fourth-order valence-corrected chi connectivity index (χ4v) is 2.28. The Kier molecular flexibility index (Phi) is 5.83. The quantitative estimate of drug-likeness (QED) is 0.681.